The Balaban J connectivity index is 1.19. The maximum absolute atomic E-state index is 13.0. The third kappa shape index (κ3) is 8.81. The zero-order valence-electron chi connectivity index (χ0n) is 24.9. The second-order valence-electron chi connectivity index (χ2n) is 11.1. The summed E-state index contributed by atoms with van der Waals surface area (Å²) in [5.74, 6) is -0.153. The molecule has 0 aromatic heterocycles. The number of halogens is 1. The van der Waals surface area contributed by atoms with E-state index in [1.165, 1.54) is 26.0 Å². The number of rotatable bonds is 13. The molecule has 2 aromatic carbocycles. The molecule has 2 atom stereocenters. The molecule has 2 heterocycles. The van der Waals surface area contributed by atoms with Gasteiger partial charge in [-0.1, -0.05) is 23.7 Å². The first-order chi connectivity index (χ1) is 20.3. The highest BCUT2D eigenvalue weighted by Crippen LogP contribution is 2.29. The number of anilines is 1. The fourth-order valence-corrected chi connectivity index (χ4v) is 5.72. The minimum Gasteiger partial charge on any atom is -0.496 e. The number of methoxy groups -OCH3 is 2. The summed E-state index contributed by atoms with van der Waals surface area (Å²) in [6.45, 7) is 7.51. The lowest BCUT2D eigenvalue weighted by Gasteiger charge is -2.38. The highest BCUT2D eigenvalue weighted by atomic mass is 35.5. The number of likely N-dealkylation sites (N-methyl/N-ethyl adjacent to an activating group) is 1. The molecule has 2 aliphatic rings. The van der Waals surface area contributed by atoms with Gasteiger partial charge in [0.15, 0.2) is 0 Å². The molecule has 2 fully saturated rings. The number of hydrogen-bond donors (Lipinski definition) is 2. The number of piperidine rings is 1. The van der Waals surface area contributed by atoms with Gasteiger partial charge in [-0.2, -0.15) is 0 Å². The number of benzene rings is 2. The van der Waals surface area contributed by atoms with Crippen LogP contribution in [0.4, 0.5) is 5.69 Å². The topological polar surface area (TPSA) is 110 Å². The van der Waals surface area contributed by atoms with Gasteiger partial charge in [0.2, 0.25) is 0 Å². The zero-order valence-corrected chi connectivity index (χ0v) is 25.7. The van der Waals surface area contributed by atoms with Crippen molar-refractivity contribution in [3.05, 3.63) is 58.1 Å². The monoisotopic (exact) mass is 601 g/mol. The lowest BCUT2D eigenvalue weighted by molar-refractivity contribution is 0.00440. The number of likely N-dealkylation sites (tertiary alicyclic amines) is 2. The van der Waals surface area contributed by atoms with Crippen LogP contribution in [-0.4, -0.2) is 112 Å². The van der Waals surface area contributed by atoms with Crippen LogP contribution >= 0.6 is 11.6 Å². The first-order valence-corrected chi connectivity index (χ1v) is 15.0. The van der Waals surface area contributed by atoms with Gasteiger partial charge in [0, 0.05) is 52.4 Å². The van der Waals surface area contributed by atoms with E-state index in [1.54, 1.807) is 13.2 Å². The van der Waals surface area contributed by atoms with E-state index >= 15 is 0 Å². The smallest absolute Gasteiger partial charge is 0.338 e. The second kappa shape index (κ2) is 15.5. The van der Waals surface area contributed by atoms with Crippen molar-refractivity contribution in [1.29, 1.82) is 0 Å². The summed E-state index contributed by atoms with van der Waals surface area (Å²) in [5, 5.41) is 3.41. The molecular formula is C31H44ClN5O5. The second-order valence-corrected chi connectivity index (χ2v) is 11.5. The van der Waals surface area contributed by atoms with Gasteiger partial charge in [0.05, 0.1) is 41.1 Å². The van der Waals surface area contributed by atoms with E-state index in [9.17, 15) is 9.59 Å². The molecule has 10 nitrogen and oxygen atoms in total. The minimum atomic E-state index is -0.268. The van der Waals surface area contributed by atoms with Crippen LogP contribution in [0, 0.1) is 0 Å². The summed E-state index contributed by atoms with van der Waals surface area (Å²) < 4.78 is 16.6. The molecule has 0 aliphatic carbocycles. The molecule has 1 amide bonds. The first-order valence-electron chi connectivity index (χ1n) is 14.6. The molecule has 11 heteroatoms. The van der Waals surface area contributed by atoms with Gasteiger partial charge in [-0.15, -0.1) is 0 Å². The Hall–Kier alpha value is -2.89. The molecule has 0 spiro atoms. The van der Waals surface area contributed by atoms with Crippen LogP contribution in [0.25, 0.3) is 0 Å². The highest BCUT2D eigenvalue weighted by Gasteiger charge is 2.31. The predicted octanol–water partition coefficient (Wildman–Crippen LogP) is 3.13. The molecule has 0 saturated carbocycles. The quantitative estimate of drug-likeness (QED) is 0.264. The van der Waals surface area contributed by atoms with E-state index in [2.05, 4.69) is 27.1 Å². The van der Waals surface area contributed by atoms with Crippen molar-refractivity contribution < 1.29 is 23.8 Å². The van der Waals surface area contributed by atoms with Crippen LogP contribution in [0.1, 0.15) is 45.5 Å². The molecule has 2 aromatic rings. The van der Waals surface area contributed by atoms with Crippen molar-refractivity contribution in [2.24, 2.45) is 0 Å². The van der Waals surface area contributed by atoms with E-state index in [0.29, 0.717) is 40.7 Å². The largest absolute Gasteiger partial charge is 0.496 e. The number of carbonyl (C=O) groups excluding carboxylic acids is 2. The summed E-state index contributed by atoms with van der Waals surface area (Å²) >= 11 is 6.15. The van der Waals surface area contributed by atoms with Gasteiger partial charge in [0.25, 0.3) is 5.91 Å². The summed E-state index contributed by atoms with van der Waals surface area (Å²) in [6.07, 6.45) is 3.07. The molecule has 2 saturated heterocycles. The van der Waals surface area contributed by atoms with Gasteiger partial charge in [-0.25, -0.2) is 4.79 Å². The number of esters is 1. The summed E-state index contributed by atoms with van der Waals surface area (Å²) in [7, 11) is 5.26. The number of nitrogens with two attached hydrogens (primary N) is 1. The Morgan fingerprint density at radius 3 is 2.50 bits per heavy atom. The molecule has 3 N–H and O–H groups in total. The first kappa shape index (κ1) is 32.0. The Labute approximate surface area is 254 Å². The molecule has 42 heavy (non-hydrogen) atoms. The van der Waals surface area contributed by atoms with Crippen molar-refractivity contribution in [3.8, 4) is 5.75 Å². The number of nitrogens with one attached hydrogen (secondary N) is 1. The summed E-state index contributed by atoms with van der Waals surface area (Å²) in [4.78, 5) is 32.4. The van der Waals surface area contributed by atoms with Gasteiger partial charge >= 0.3 is 5.97 Å². The summed E-state index contributed by atoms with van der Waals surface area (Å²) in [6, 6.07) is 10.6. The van der Waals surface area contributed by atoms with E-state index in [0.717, 1.165) is 57.8 Å². The van der Waals surface area contributed by atoms with E-state index in [-0.39, 0.29) is 24.0 Å². The highest BCUT2D eigenvalue weighted by molar-refractivity contribution is 6.33. The number of nitrogen functional groups attached to an aromatic ring is 1. The van der Waals surface area contributed by atoms with Crippen LogP contribution in [-0.2, 0) is 16.0 Å². The van der Waals surface area contributed by atoms with Crippen LogP contribution in [0.2, 0.25) is 5.02 Å². The maximum Gasteiger partial charge on any atom is 0.338 e. The Kier molecular flexibility index (Phi) is 11.9. The predicted molar refractivity (Wildman–Crippen MR) is 164 cm³/mol. The third-order valence-corrected chi connectivity index (χ3v) is 8.43. The average Bonchev–Trinajstić information content (AvgIpc) is 3.51. The van der Waals surface area contributed by atoms with Crippen molar-refractivity contribution in [2.75, 3.05) is 79.4 Å². The number of ether oxygens (including phenoxy) is 3. The summed E-state index contributed by atoms with van der Waals surface area (Å²) in [5.41, 5.74) is 8.29. The van der Waals surface area contributed by atoms with E-state index in [4.69, 9.17) is 31.5 Å². The van der Waals surface area contributed by atoms with Crippen LogP contribution in [0.5, 0.6) is 5.75 Å². The standard InChI is InChI=1S/C31H44ClN5O5/c1-35(20-22-6-8-23(9-7-22)31(39)42-17-16-36-11-4-5-12-36)14-15-37-13-10-27(29(21-37)41-3)34-30(38)24-18-25(32)26(33)19-28(24)40-2/h6-9,18-19,27,29H,4-5,10-17,20-21,33H2,1-3H3,(H,34,38)/t27-,29+/m1/s1. The van der Waals surface area contributed by atoms with Gasteiger partial charge in [-0.3, -0.25) is 14.6 Å². The van der Waals surface area contributed by atoms with E-state index < -0.39 is 0 Å². The van der Waals surface area contributed by atoms with Crippen molar-refractivity contribution >= 4 is 29.2 Å². The number of hydrogen-bond acceptors (Lipinski definition) is 9. The Morgan fingerprint density at radius 1 is 1.07 bits per heavy atom. The van der Waals surface area contributed by atoms with Crippen LogP contribution in [0.15, 0.2) is 36.4 Å². The zero-order chi connectivity index (χ0) is 30.1. The number of amides is 1. The van der Waals surface area contributed by atoms with Crippen molar-refractivity contribution in [1.82, 2.24) is 20.0 Å². The van der Waals surface area contributed by atoms with Gasteiger partial charge in [-0.05, 0) is 63.2 Å². The maximum atomic E-state index is 13.0. The van der Waals surface area contributed by atoms with Crippen molar-refractivity contribution in [2.45, 2.75) is 38.0 Å². The van der Waals surface area contributed by atoms with Crippen molar-refractivity contribution in [3.63, 3.8) is 0 Å². The number of carbonyl (C=O) groups is 2. The molecular weight excluding hydrogens is 558 g/mol. The normalized spacial score (nSPS) is 19.6. The molecule has 230 valence electrons. The fourth-order valence-electron chi connectivity index (χ4n) is 5.56. The van der Waals surface area contributed by atoms with Gasteiger partial charge < -0.3 is 30.2 Å². The SMILES string of the molecule is COc1cc(N)c(Cl)cc1C(=O)N[C@@H]1CCN(CCN(C)Cc2ccc(C(=O)OCCN3CCCC3)cc2)C[C@@H]1OC. The lowest BCUT2D eigenvalue weighted by Crippen LogP contribution is -2.55. The average molecular weight is 602 g/mol. The van der Waals surface area contributed by atoms with Crippen LogP contribution < -0.4 is 15.8 Å². The molecule has 0 bridgehead atoms. The molecule has 0 unspecified atom stereocenters. The lowest BCUT2D eigenvalue weighted by atomic mass is 10.0. The molecule has 0 radical (unpaired) electrons. The Morgan fingerprint density at radius 2 is 1.81 bits per heavy atom. The Bertz CT molecular complexity index is 1190. The van der Waals surface area contributed by atoms with Gasteiger partial charge in [0.1, 0.15) is 12.4 Å². The minimum absolute atomic E-state index is 0.136. The van der Waals surface area contributed by atoms with E-state index in [1.807, 2.05) is 24.3 Å². The van der Waals surface area contributed by atoms with Crippen LogP contribution in [0.3, 0.4) is 0 Å². The molecule has 2 aliphatic heterocycles. The number of nitrogens with zero attached hydrogens (tertiary/aromatic N) is 3. The fraction of sp³-hybridized carbons (Fsp3) is 0.548. The molecule has 4 rings (SSSR count). The third-order valence-electron chi connectivity index (χ3n) is 8.11.